The molecular weight excluding hydrogens is 430 g/mol. The van der Waals surface area contributed by atoms with Gasteiger partial charge >= 0.3 is 0 Å². The van der Waals surface area contributed by atoms with E-state index in [2.05, 4.69) is 12.3 Å². The summed E-state index contributed by atoms with van der Waals surface area (Å²) in [5, 5.41) is 1.06. The number of thioether (sulfide) groups is 1. The van der Waals surface area contributed by atoms with Gasteiger partial charge in [-0.15, -0.1) is 0 Å². The Kier molecular flexibility index (Phi) is 5.93. The Labute approximate surface area is 190 Å². The lowest BCUT2D eigenvalue weighted by molar-refractivity contribution is -0.124. The molecule has 0 aliphatic carbocycles. The molecule has 1 N–H and O–H groups in total. The summed E-state index contributed by atoms with van der Waals surface area (Å²) in [5.41, 5.74) is 5.70. The summed E-state index contributed by atoms with van der Waals surface area (Å²) < 4.78 is 0.187. The molecule has 4 rings (SSSR count). The van der Waals surface area contributed by atoms with Gasteiger partial charge in [0, 0.05) is 17.7 Å². The highest BCUT2D eigenvalue weighted by Gasteiger charge is 2.42. The summed E-state index contributed by atoms with van der Waals surface area (Å²) in [4.78, 5) is 41.1. The zero-order valence-electron chi connectivity index (χ0n) is 17.2. The molecule has 2 aromatic carbocycles. The predicted molar refractivity (Wildman–Crippen MR) is 126 cm³/mol. The lowest BCUT2D eigenvalue weighted by Crippen LogP contribution is -2.45. The summed E-state index contributed by atoms with van der Waals surface area (Å²) in [6.07, 6.45) is 1.81. The van der Waals surface area contributed by atoms with Crippen LogP contribution in [-0.4, -0.2) is 33.6 Å². The van der Waals surface area contributed by atoms with E-state index in [1.807, 2.05) is 43.3 Å². The van der Waals surface area contributed by atoms with Crippen molar-refractivity contribution in [3.63, 3.8) is 0 Å². The Balaban J connectivity index is 1.67. The smallest absolute Gasteiger partial charge is 0.286 e. The molecule has 0 saturated carbocycles. The molecule has 0 aromatic heterocycles. The second-order valence-corrected chi connectivity index (χ2v) is 8.94. The predicted octanol–water partition coefficient (Wildman–Crippen LogP) is 4.06. The molecule has 0 bridgehead atoms. The van der Waals surface area contributed by atoms with Crippen LogP contribution in [0.3, 0.4) is 0 Å². The Bertz CT molecular complexity index is 1140. The number of carbonyl (C=O) groups excluding carboxylic acids is 3. The number of benzene rings is 2. The van der Waals surface area contributed by atoms with Gasteiger partial charge in [0.15, 0.2) is 4.32 Å². The number of rotatable bonds is 5. The maximum atomic E-state index is 13.3. The minimum absolute atomic E-state index is 0.187. The molecule has 8 heteroatoms. The second kappa shape index (κ2) is 8.64. The van der Waals surface area contributed by atoms with Crippen molar-refractivity contribution in [2.75, 3.05) is 11.4 Å². The van der Waals surface area contributed by atoms with Crippen LogP contribution in [0.5, 0.6) is 0 Å². The van der Waals surface area contributed by atoms with Crippen LogP contribution in [-0.2, 0) is 9.59 Å². The van der Waals surface area contributed by atoms with Crippen LogP contribution in [0.15, 0.2) is 53.4 Å². The molecule has 0 atom stereocenters. The number of amides is 3. The maximum absolute atomic E-state index is 13.3. The van der Waals surface area contributed by atoms with Crippen molar-refractivity contribution in [2.24, 2.45) is 0 Å². The fraction of sp³-hybridized carbons (Fsp3) is 0.217. The normalized spacial score (nSPS) is 18.1. The number of unbranched alkanes of at least 4 members (excludes halogenated alkanes) is 1. The van der Waals surface area contributed by atoms with Crippen LogP contribution in [0.1, 0.15) is 41.3 Å². The van der Waals surface area contributed by atoms with Crippen LogP contribution >= 0.6 is 24.0 Å². The van der Waals surface area contributed by atoms with Gasteiger partial charge in [-0.1, -0.05) is 61.5 Å². The Hall–Kier alpha value is -2.97. The quantitative estimate of drug-likeness (QED) is 0.549. The first-order valence-electron chi connectivity index (χ1n) is 10.0. The Morgan fingerprint density at radius 2 is 1.77 bits per heavy atom. The molecule has 2 heterocycles. The van der Waals surface area contributed by atoms with Gasteiger partial charge in [0.05, 0.1) is 16.2 Å². The first-order chi connectivity index (χ1) is 14.9. The van der Waals surface area contributed by atoms with Crippen molar-refractivity contribution in [1.82, 2.24) is 10.4 Å². The molecule has 3 amide bonds. The van der Waals surface area contributed by atoms with Crippen molar-refractivity contribution >= 4 is 57.3 Å². The number of thiocarbonyl (C=S) groups is 1. The molecule has 158 valence electrons. The topological polar surface area (TPSA) is 69.7 Å². The highest BCUT2D eigenvalue weighted by molar-refractivity contribution is 8.26. The summed E-state index contributed by atoms with van der Waals surface area (Å²) in [7, 11) is 0. The number of hydrogen-bond acceptors (Lipinski definition) is 5. The van der Waals surface area contributed by atoms with E-state index in [1.165, 1.54) is 0 Å². The van der Waals surface area contributed by atoms with E-state index in [0.29, 0.717) is 23.2 Å². The minimum atomic E-state index is -0.493. The fourth-order valence-corrected chi connectivity index (χ4v) is 4.89. The summed E-state index contributed by atoms with van der Waals surface area (Å²) in [6.45, 7) is 4.47. The van der Waals surface area contributed by atoms with Gasteiger partial charge in [0.1, 0.15) is 0 Å². The fourth-order valence-electron chi connectivity index (χ4n) is 3.64. The first-order valence-corrected chi connectivity index (χ1v) is 11.2. The highest BCUT2D eigenvalue weighted by atomic mass is 32.2. The molecule has 1 saturated heterocycles. The van der Waals surface area contributed by atoms with Gasteiger partial charge < -0.3 is 4.90 Å². The van der Waals surface area contributed by atoms with E-state index in [9.17, 15) is 14.4 Å². The molecule has 1 fully saturated rings. The first kappa shape index (κ1) is 21.3. The molecule has 6 nitrogen and oxygen atoms in total. The van der Waals surface area contributed by atoms with E-state index in [1.54, 1.807) is 17.0 Å². The van der Waals surface area contributed by atoms with E-state index in [4.69, 9.17) is 12.2 Å². The van der Waals surface area contributed by atoms with Gasteiger partial charge in [-0.2, -0.15) is 5.01 Å². The van der Waals surface area contributed by atoms with Gasteiger partial charge in [0.25, 0.3) is 17.7 Å². The van der Waals surface area contributed by atoms with Gasteiger partial charge in [-0.25, -0.2) is 0 Å². The second-order valence-electron chi connectivity index (χ2n) is 7.30. The molecule has 2 aliphatic heterocycles. The van der Waals surface area contributed by atoms with Crippen LogP contribution in [0.25, 0.3) is 5.57 Å². The van der Waals surface area contributed by atoms with Crippen LogP contribution < -0.4 is 10.3 Å². The Morgan fingerprint density at radius 1 is 1.06 bits per heavy atom. The maximum Gasteiger partial charge on any atom is 0.286 e. The van der Waals surface area contributed by atoms with Crippen molar-refractivity contribution < 1.29 is 14.4 Å². The number of carbonyl (C=O) groups is 3. The monoisotopic (exact) mass is 451 g/mol. The number of fused-ring (bicyclic) bond motifs is 1. The molecule has 0 spiro atoms. The van der Waals surface area contributed by atoms with Crippen LogP contribution in [0.4, 0.5) is 5.69 Å². The van der Waals surface area contributed by atoms with Crippen molar-refractivity contribution in [3.05, 3.63) is 70.1 Å². The van der Waals surface area contributed by atoms with Gasteiger partial charge in [0.2, 0.25) is 0 Å². The molecule has 0 unspecified atom stereocenters. The molecule has 2 aliphatic rings. The number of aryl methyl sites for hydroxylation is 1. The third-order valence-corrected chi connectivity index (χ3v) is 6.63. The SMILES string of the molecule is CCCCN1C(=O)/C(=C2/SC(=S)N(NC(=O)c3ccccc3C)C2=O)c2ccccc21. The van der Waals surface area contributed by atoms with Crippen LogP contribution in [0, 0.1) is 6.92 Å². The lowest BCUT2D eigenvalue weighted by Gasteiger charge is -2.17. The number of para-hydroxylation sites is 1. The van der Waals surface area contributed by atoms with E-state index < -0.39 is 11.8 Å². The van der Waals surface area contributed by atoms with Crippen molar-refractivity contribution in [3.8, 4) is 0 Å². The number of anilines is 1. The number of nitrogens with one attached hydrogen (secondary N) is 1. The summed E-state index contributed by atoms with van der Waals surface area (Å²) >= 11 is 6.40. The number of hydrazine groups is 1. The third-order valence-electron chi connectivity index (χ3n) is 5.26. The van der Waals surface area contributed by atoms with Crippen molar-refractivity contribution in [2.45, 2.75) is 26.7 Å². The molecule has 31 heavy (non-hydrogen) atoms. The number of hydrogen-bond donors (Lipinski definition) is 1. The average molecular weight is 452 g/mol. The highest BCUT2D eigenvalue weighted by Crippen LogP contribution is 2.44. The molecule has 2 aromatic rings. The minimum Gasteiger partial charge on any atom is -0.308 e. The summed E-state index contributed by atoms with van der Waals surface area (Å²) in [5.74, 6) is -1.13. The average Bonchev–Trinajstić information content (AvgIpc) is 3.19. The largest absolute Gasteiger partial charge is 0.308 e. The van der Waals surface area contributed by atoms with E-state index in [-0.39, 0.29) is 15.1 Å². The van der Waals surface area contributed by atoms with Crippen molar-refractivity contribution in [1.29, 1.82) is 0 Å². The van der Waals surface area contributed by atoms with E-state index in [0.717, 1.165) is 40.9 Å². The lowest BCUT2D eigenvalue weighted by atomic mass is 10.1. The van der Waals surface area contributed by atoms with Gasteiger partial charge in [-0.3, -0.25) is 19.8 Å². The molecular formula is C23H21N3O3S2. The third kappa shape index (κ3) is 3.77. The Morgan fingerprint density at radius 3 is 2.52 bits per heavy atom. The zero-order chi connectivity index (χ0) is 22.1. The summed E-state index contributed by atoms with van der Waals surface area (Å²) in [6, 6.07) is 14.5. The van der Waals surface area contributed by atoms with Gasteiger partial charge in [-0.05, 0) is 43.3 Å². The number of nitrogens with zero attached hydrogens (tertiary/aromatic N) is 2. The van der Waals surface area contributed by atoms with Crippen LogP contribution in [0.2, 0.25) is 0 Å². The molecule has 0 radical (unpaired) electrons. The zero-order valence-corrected chi connectivity index (χ0v) is 18.8. The van der Waals surface area contributed by atoms with E-state index >= 15 is 0 Å². The standard InChI is InChI=1S/C23H21N3O3S2/c1-3-4-13-25-17-12-8-7-11-16(17)18(21(25)28)19-22(29)26(23(30)31-19)24-20(27)15-10-6-5-9-14(15)2/h5-12H,3-4,13H2,1-2H3,(H,24,27)/b19-18+.